The van der Waals surface area contributed by atoms with Gasteiger partial charge < -0.3 is 10.2 Å². The minimum atomic E-state index is -0.231. The van der Waals surface area contributed by atoms with Crippen LogP contribution >= 0.6 is 22.6 Å². The molecule has 1 saturated heterocycles. The van der Waals surface area contributed by atoms with Gasteiger partial charge >= 0.3 is 0 Å². The fourth-order valence-corrected chi connectivity index (χ4v) is 2.39. The molecule has 17 heavy (non-hydrogen) atoms. The Morgan fingerprint density at radius 1 is 1.53 bits per heavy atom. The number of hydrogen-bond acceptors (Lipinski definition) is 2. The van der Waals surface area contributed by atoms with Crippen LogP contribution < -0.4 is 5.32 Å². The molecule has 1 aliphatic rings. The third-order valence-corrected chi connectivity index (χ3v) is 3.47. The quantitative estimate of drug-likeness (QED) is 0.831. The van der Waals surface area contributed by atoms with E-state index in [2.05, 4.69) is 27.9 Å². The summed E-state index contributed by atoms with van der Waals surface area (Å²) in [6.07, 6.45) is 0.312. The van der Waals surface area contributed by atoms with Crippen molar-refractivity contribution in [2.75, 3.05) is 18.9 Å². The summed E-state index contributed by atoms with van der Waals surface area (Å²) in [5, 5.41) is 2.84. The summed E-state index contributed by atoms with van der Waals surface area (Å²) >= 11 is 2.19. The van der Waals surface area contributed by atoms with Crippen LogP contribution in [0.3, 0.4) is 0 Å². The van der Waals surface area contributed by atoms with Crippen LogP contribution in [0.1, 0.15) is 6.42 Å². The third-order valence-electron chi connectivity index (χ3n) is 2.80. The van der Waals surface area contributed by atoms with Gasteiger partial charge in [0.1, 0.15) is 0 Å². The van der Waals surface area contributed by atoms with Crippen LogP contribution in [0, 0.1) is 9.49 Å². The molecule has 1 heterocycles. The molecule has 90 valence electrons. The molecule has 0 radical (unpaired) electrons. The Bertz CT molecular complexity index is 462. The molecule has 5 heteroatoms. The maximum Gasteiger partial charge on any atom is 0.229 e. The van der Waals surface area contributed by atoms with E-state index in [1.807, 2.05) is 24.3 Å². The van der Waals surface area contributed by atoms with Crippen LogP contribution in [0.15, 0.2) is 24.3 Å². The van der Waals surface area contributed by atoms with E-state index in [0.29, 0.717) is 13.0 Å². The molecule has 0 unspecified atom stereocenters. The van der Waals surface area contributed by atoms with Crippen molar-refractivity contribution in [1.29, 1.82) is 0 Å². The summed E-state index contributed by atoms with van der Waals surface area (Å²) in [4.78, 5) is 24.9. The highest BCUT2D eigenvalue weighted by molar-refractivity contribution is 14.1. The van der Waals surface area contributed by atoms with E-state index in [1.165, 1.54) is 0 Å². The number of rotatable bonds is 2. The van der Waals surface area contributed by atoms with E-state index in [0.717, 1.165) is 9.26 Å². The predicted octanol–water partition coefficient (Wildman–Crippen LogP) is 1.71. The van der Waals surface area contributed by atoms with Crippen LogP contribution in [0.2, 0.25) is 0 Å². The first-order valence-electron chi connectivity index (χ1n) is 5.36. The molecule has 0 aliphatic carbocycles. The largest absolute Gasteiger partial charge is 0.345 e. The first kappa shape index (κ1) is 12.3. The average Bonchev–Trinajstić information content (AvgIpc) is 2.59. The zero-order valence-electron chi connectivity index (χ0n) is 9.44. The van der Waals surface area contributed by atoms with Gasteiger partial charge in [0.05, 0.1) is 5.92 Å². The van der Waals surface area contributed by atoms with Gasteiger partial charge in [0.2, 0.25) is 11.8 Å². The number of carbonyl (C=O) groups excluding carboxylic acids is 2. The highest BCUT2D eigenvalue weighted by Gasteiger charge is 2.31. The fourth-order valence-electron chi connectivity index (χ4n) is 1.85. The highest BCUT2D eigenvalue weighted by Crippen LogP contribution is 2.19. The van der Waals surface area contributed by atoms with Crippen LogP contribution in [0.5, 0.6) is 0 Å². The highest BCUT2D eigenvalue weighted by atomic mass is 127. The molecule has 0 bridgehead atoms. The summed E-state index contributed by atoms with van der Waals surface area (Å²) in [5.41, 5.74) is 0.781. The normalized spacial score (nSPS) is 19.5. The monoisotopic (exact) mass is 344 g/mol. The molecule has 4 nitrogen and oxygen atoms in total. The first-order valence-corrected chi connectivity index (χ1v) is 6.44. The van der Waals surface area contributed by atoms with E-state index >= 15 is 0 Å². The molecule has 1 aromatic rings. The second-order valence-electron chi connectivity index (χ2n) is 4.17. The first-order chi connectivity index (χ1) is 8.06. The van der Waals surface area contributed by atoms with Crippen molar-refractivity contribution < 1.29 is 9.59 Å². The molecular weight excluding hydrogens is 331 g/mol. The maximum atomic E-state index is 11.9. The van der Waals surface area contributed by atoms with E-state index < -0.39 is 0 Å². The summed E-state index contributed by atoms with van der Waals surface area (Å²) in [5.74, 6) is -0.275. The second-order valence-corrected chi connectivity index (χ2v) is 5.42. The number of nitrogens with one attached hydrogen (secondary N) is 1. The fraction of sp³-hybridized carbons (Fsp3) is 0.333. The zero-order chi connectivity index (χ0) is 12.4. The van der Waals surface area contributed by atoms with Crippen molar-refractivity contribution in [2.24, 2.45) is 5.92 Å². The van der Waals surface area contributed by atoms with Gasteiger partial charge in [-0.1, -0.05) is 6.07 Å². The van der Waals surface area contributed by atoms with Crippen molar-refractivity contribution in [3.05, 3.63) is 27.8 Å². The standard InChI is InChI=1S/C12H13IN2O2/c1-15-7-8(5-11(15)16)12(17)14-10-4-2-3-9(13)6-10/h2-4,6,8H,5,7H2,1H3,(H,14,17)/t8-/m0/s1. The molecule has 0 aromatic heterocycles. The van der Waals surface area contributed by atoms with Crippen molar-refractivity contribution in [3.63, 3.8) is 0 Å². The minimum absolute atomic E-state index is 0.0350. The number of carbonyl (C=O) groups is 2. The maximum absolute atomic E-state index is 11.9. The lowest BCUT2D eigenvalue weighted by atomic mass is 10.1. The van der Waals surface area contributed by atoms with Gasteiger partial charge in [-0.05, 0) is 40.8 Å². The molecule has 1 N–H and O–H groups in total. The van der Waals surface area contributed by atoms with Gasteiger partial charge in [-0.15, -0.1) is 0 Å². The van der Waals surface area contributed by atoms with Gasteiger partial charge in [-0.25, -0.2) is 0 Å². The number of hydrogen-bond donors (Lipinski definition) is 1. The summed E-state index contributed by atoms with van der Waals surface area (Å²) in [6, 6.07) is 7.60. The summed E-state index contributed by atoms with van der Waals surface area (Å²) < 4.78 is 1.07. The number of nitrogens with zero attached hydrogens (tertiary/aromatic N) is 1. The van der Waals surface area contributed by atoms with E-state index in [4.69, 9.17) is 0 Å². The lowest BCUT2D eigenvalue weighted by Crippen LogP contribution is -2.25. The topological polar surface area (TPSA) is 49.4 Å². The molecule has 0 spiro atoms. The van der Waals surface area contributed by atoms with Crippen molar-refractivity contribution in [1.82, 2.24) is 4.90 Å². The van der Waals surface area contributed by atoms with E-state index in [9.17, 15) is 9.59 Å². The van der Waals surface area contributed by atoms with Gasteiger partial charge in [0.15, 0.2) is 0 Å². The van der Waals surface area contributed by atoms with Gasteiger partial charge in [0.25, 0.3) is 0 Å². The summed E-state index contributed by atoms with van der Waals surface area (Å²) in [6.45, 7) is 0.509. The minimum Gasteiger partial charge on any atom is -0.345 e. The molecule has 1 aliphatic heterocycles. The Balaban J connectivity index is 2.00. The number of amides is 2. The lowest BCUT2D eigenvalue weighted by molar-refractivity contribution is -0.127. The second kappa shape index (κ2) is 5.03. The van der Waals surface area contributed by atoms with Crippen molar-refractivity contribution >= 4 is 40.1 Å². The Kier molecular flexibility index (Phi) is 3.66. The number of anilines is 1. The van der Waals surface area contributed by atoms with Gasteiger partial charge in [-0.2, -0.15) is 0 Å². The van der Waals surface area contributed by atoms with Crippen LogP contribution in [0.25, 0.3) is 0 Å². The average molecular weight is 344 g/mol. The SMILES string of the molecule is CN1C[C@@H](C(=O)Nc2cccc(I)c2)CC1=O. The zero-order valence-corrected chi connectivity index (χ0v) is 11.6. The molecule has 1 atom stereocenters. The Morgan fingerprint density at radius 3 is 2.88 bits per heavy atom. The van der Waals surface area contributed by atoms with Crippen molar-refractivity contribution in [2.45, 2.75) is 6.42 Å². The molecular formula is C12H13IN2O2. The molecule has 2 rings (SSSR count). The lowest BCUT2D eigenvalue weighted by Gasteiger charge is -2.11. The predicted molar refractivity (Wildman–Crippen MR) is 73.5 cm³/mol. The smallest absolute Gasteiger partial charge is 0.229 e. The molecule has 1 fully saturated rings. The molecule has 2 amide bonds. The third kappa shape index (κ3) is 2.96. The van der Waals surface area contributed by atoms with Gasteiger partial charge in [0, 0.05) is 29.3 Å². The van der Waals surface area contributed by atoms with Crippen LogP contribution in [-0.4, -0.2) is 30.3 Å². The summed E-state index contributed by atoms with van der Waals surface area (Å²) in [7, 11) is 1.72. The number of halogens is 1. The van der Waals surface area contributed by atoms with Crippen LogP contribution in [0.4, 0.5) is 5.69 Å². The van der Waals surface area contributed by atoms with Crippen LogP contribution in [-0.2, 0) is 9.59 Å². The molecule has 1 aromatic carbocycles. The van der Waals surface area contributed by atoms with E-state index in [-0.39, 0.29) is 17.7 Å². The number of likely N-dealkylation sites (tertiary alicyclic amines) is 1. The number of benzene rings is 1. The Labute approximate surface area is 114 Å². The van der Waals surface area contributed by atoms with Gasteiger partial charge in [-0.3, -0.25) is 9.59 Å². The van der Waals surface area contributed by atoms with E-state index in [1.54, 1.807) is 11.9 Å². The molecule has 0 saturated carbocycles. The Hall–Kier alpha value is -1.11. The Morgan fingerprint density at radius 2 is 2.29 bits per heavy atom. The van der Waals surface area contributed by atoms with Crippen molar-refractivity contribution in [3.8, 4) is 0 Å².